The van der Waals surface area contributed by atoms with Crippen molar-refractivity contribution >= 4 is 21.2 Å². The molecule has 2 amide bonds. The standard InChI is InChI=1S/C15H21N2O4Si/c1-10(2)22(11(3)4)21-15(19)17-16-14(18)20-13-9-7-6-8-12(13)5/h6-11H,1-5H3. The summed E-state index contributed by atoms with van der Waals surface area (Å²) in [4.78, 5) is 23.2. The molecule has 0 N–H and O–H groups in total. The molecule has 1 aromatic rings. The van der Waals surface area contributed by atoms with Gasteiger partial charge in [-0.2, -0.15) is 0 Å². The lowest BCUT2D eigenvalue weighted by molar-refractivity contribution is 0.199. The number of carbonyl (C=O) groups is 2. The van der Waals surface area contributed by atoms with Gasteiger partial charge < -0.3 is 9.16 Å². The number of ether oxygens (including phenoxy) is 1. The number of rotatable bonds is 4. The zero-order valence-corrected chi connectivity index (χ0v) is 14.5. The summed E-state index contributed by atoms with van der Waals surface area (Å²) in [6.07, 6.45) is -1.80. The van der Waals surface area contributed by atoms with Crippen molar-refractivity contribution in [3.8, 4) is 5.75 Å². The Morgan fingerprint density at radius 1 is 1.00 bits per heavy atom. The van der Waals surface area contributed by atoms with Gasteiger partial charge in [-0.25, -0.2) is 9.59 Å². The van der Waals surface area contributed by atoms with Gasteiger partial charge in [-0.3, -0.25) is 0 Å². The number of nitrogens with zero attached hydrogens (tertiary/aromatic N) is 2. The second-order valence-corrected chi connectivity index (χ2v) is 8.73. The summed E-state index contributed by atoms with van der Waals surface area (Å²) < 4.78 is 10.3. The molecule has 0 aliphatic rings. The monoisotopic (exact) mass is 321 g/mol. The van der Waals surface area contributed by atoms with Crippen LogP contribution in [0, 0.1) is 6.92 Å². The molecule has 0 aliphatic carbocycles. The lowest BCUT2D eigenvalue weighted by Crippen LogP contribution is -2.27. The Labute approximate surface area is 132 Å². The summed E-state index contributed by atoms with van der Waals surface area (Å²) in [7, 11) is -1.35. The van der Waals surface area contributed by atoms with Crippen molar-refractivity contribution in [3.05, 3.63) is 29.8 Å². The van der Waals surface area contributed by atoms with E-state index in [-0.39, 0.29) is 11.1 Å². The van der Waals surface area contributed by atoms with E-state index in [9.17, 15) is 9.59 Å². The first-order valence-corrected chi connectivity index (χ1v) is 8.65. The van der Waals surface area contributed by atoms with Gasteiger partial charge in [0, 0.05) is 0 Å². The van der Waals surface area contributed by atoms with Crippen molar-refractivity contribution in [1.29, 1.82) is 0 Å². The molecule has 1 aromatic carbocycles. The maximum Gasteiger partial charge on any atom is 0.458 e. The van der Waals surface area contributed by atoms with Gasteiger partial charge in [-0.1, -0.05) is 56.1 Å². The van der Waals surface area contributed by atoms with Gasteiger partial charge >= 0.3 is 12.2 Å². The predicted molar refractivity (Wildman–Crippen MR) is 84.5 cm³/mol. The summed E-state index contributed by atoms with van der Waals surface area (Å²) in [6.45, 7) is 9.76. The first-order chi connectivity index (χ1) is 10.3. The molecule has 0 fully saturated rings. The molecule has 7 heteroatoms. The van der Waals surface area contributed by atoms with Crippen LogP contribution in [0.15, 0.2) is 34.5 Å². The Hall–Kier alpha value is -2.02. The van der Waals surface area contributed by atoms with Crippen molar-refractivity contribution in [1.82, 2.24) is 0 Å². The fourth-order valence-electron chi connectivity index (χ4n) is 1.89. The van der Waals surface area contributed by atoms with E-state index < -0.39 is 21.2 Å². The van der Waals surface area contributed by atoms with Crippen LogP contribution in [-0.2, 0) is 4.43 Å². The van der Waals surface area contributed by atoms with Gasteiger partial charge in [0.1, 0.15) is 5.75 Å². The highest BCUT2D eigenvalue weighted by molar-refractivity contribution is 6.56. The Morgan fingerprint density at radius 3 is 2.09 bits per heavy atom. The maximum atomic E-state index is 11.6. The van der Waals surface area contributed by atoms with Crippen LogP contribution in [0.1, 0.15) is 33.3 Å². The maximum absolute atomic E-state index is 11.6. The van der Waals surface area contributed by atoms with E-state index in [1.165, 1.54) is 0 Å². The van der Waals surface area contributed by atoms with Crippen LogP contribution in [0.3, 0.4) is 0 Å². The zero-order chi connectivity index (χ0) is 16.7. The molecule has 0 aromatic heterocycles. The van der Waals surface area contributed by atoms with E-state index in [2.05, 4.69) is 10.2 Å². The average Bonchev–Trinajstić information content (AvgIpc) is 2.44. The third-order valence-corrected chi connectivity index (χ3v) is 5.53. The van der Waals surface area contributed by atoms with E-state index in [0.29, 0.717) is 5.75 Å². The Kier molecular flexibility index (Phi) is 6.91. The molecule has 0 atom stereocenters. The lowest BCUT2D eigenvalue weighted by atomic mass is 10.2. The molecule has 1 rings (SSSR count). The number of aryl methyl sites for hydroxylation is 1. The fraction of sp³-hybridized carbons (Fsp3) is 0.467. The first kappa shape index (κ1) is 18.0. The van der Waals surface area contributed by atoms with Crippen molar-refractivity contribution in [2.75, 3.05) is 0 Å². The summed E-state index contributed by atoms with van der Waals surface area (Å²) in [5.41, 5.74) is 1.30. The molecule has 1 radical (unpaired) electrons. The van der Waals surface area contributed by atoms with Crippen molar-refractivity contribution in [2.24, 2.45) is 10.2 Å². The fourth-order valence-corrected chi connectivity index (χ4v) is 3.94. The summed E-state index contributed by atoms with van der Waals surface area (Å²) in [5, 5.41) is 6.51. The van der Waals surface area contributed by atoms with Gasteiger partial charge in [0.2, 0.25) is 0 Å². The highest BCUT2D eigenvalue weighted by Crippen LogP contribution is 2.21. The van der Waals surface area contributed by atoms with E-state index >= 15 is 0 Å². The summed E-state index contributed by atoms with van der Waals surface area (Å²) >= 11 is 0. The second kappa shape index (κ2) is 8.43. The van der Waals surface area contributed by atoms with Crippen molar-refractivity contribution in [3.63, 3.8) is 0 Å². The smallest absolute Gasteiger partial charge is 0.458 e. The number of benzene rings is 1. The van der Waals surface area contributed by atoms with Crippen LogP contribution < -0.4 is 4.74 Å². The third kappa shape index (κ3) is 5.77. The molecule has 119 valence electrons. The zero-order valence-electron chi connectivity index (χ0n) is 13.5. The summed E-state index contributed by atoms with van der Waals surface area (Å²) in [6, 6.07) is 7.00. The molecule has 0 saturated carbocycles. The van der Waals surface area contributed by atoms with Crippen LogP contribution in [0.4, 0.5) is 9.59 Å². The second-order valence-electron chi connectivity index (χ2n) is 5.41. The Morgan fingerprint density at radius 2 is 1.55 bits per heavy atom. The molecule has 6 nitrogen and oxygen atoms in total. The van der Waals surface area contributed by atoms with Gasteiger partial charge in [-0.05, 0) is 29.6 Å². The van der Waals surface area contributed by atoms with Gasteiger partial charge in [0.05, 0.1) is 0 Å². The van der Waals surface area contributed by atoms with Crippen LogP contribution in [0.2, 0.25) is 11.1 Å². The van der Waals surface area contributed by atoms with Crippen LogP contribution in [0.5, 0.6) is 5.75 Å². The number of hydrogen-bond acceptors (Lipinski definition) is 4. The Bertz CT molecular complexity index is 550. The Balaban J connectivity index is 2.58. The van der Waals surface area contributed by atoms with Crippen LogP contribution in [-0.4, -0.2) is 21.2 Å². The quantitative estimate of drug-likeness (QED) is 0.584. The number of para-hydroxylation sites is 1. The average molecular weight is 321 g/mol. The van der Waals surface area contributed by atoms with Crippen LogP contribution in [0.25, 0.3) is 0 Å². The highest BCUT2D eigenvalue weighted by atomic mass is 28.3. The number of carbonyl (C=O) groups excluding carboxylic acids is 2. The van der Waals surface area contributed by atoms with E-state index in [4.69, 9.17) is 9.16 Å². The van der Waals surface area contributed by atoms with E-state index in [1.807, 2.05) is 33.8 Å². The first-order valence-electron chi connectivity index (χ1n) is 7.09. The molecular formula is C15H21N2O4Si. The molecule has 0 heterocycles. The van der Waals surface area contributed by atoms with E-state index in [1.54, 1.807) is 25.1 Å². The van der Waals surface area contributed by atoms with Gasteiger partial charge in [-0.15, -0.1) is 0 Å². The van der Waals surface area contributed by atoms with Crippen LogP contribution >= 0.6 is 0 Å². The topological polar surface area (TPSA) is 77.3 Å². The molecule has 0 aliphatic heterocycles. The predicted octanol–water partition coefficient (Wildman–Crippen LogP) is 4.89. The van der Waals surface area contributed by atoms with E-state index in [0.717, 1.165) is 5.56 Å². The van der Waals surface area contributed by atoms with Crippen molar-refractivity contribution < 1.29 is 18.8 Å². The third-order valence-electron chi connectivity index (χ3n) is 2.85. The molecular weight excluding hydrogens is 300 g/mol. The molecule has 22 heavy (non-hydrogen) atoms. The minimum absolute atomic E-state index is 0.253. The molecule has 0 unspecified atom stereocenters. The normalized spacial score (nSPS) is 11.5. The number of hydrogen-bond donors (Lipinski definition) is 0. The molecule has 0 bridgehead atoms. The van der Waals surface area contributed by atoms with Gasteiger partial charge in [0.15, 0.2) is 0 Å². The van der Waals surface area contributed by atoms with Crippen molar-refractivity contribution in [2.45, 2.75) is 45.7 Å². The number of azo groups is 1. The SMILES string of the molecule is Cc1ccccc1OC(=O)N=NC(=O)O[Si](C(C)C)C(C)C. The summed E-state index contributed by atoms with van der Waals surface area (Å²) in [5.74, 6) is 0.383. The number of amides is 2. The molecule has 0 spiro atoms. The highest BCUT2D eigenvalue weighted by Gasteiger charge is 2.26. The largest absolute Gasteiger partial charge is 0.499 e. The van der Waals surface area contributed by atoms with Gasteiger partial charge in [0.25, 0.3) is 9.04 Å². The lowest BCUT2D eigenvalue weighted by Gasteiger charge is -2.19. The molecule has 0 saturated heterocycles. The minimum atomic E-state index is -1.35. The minimum Gasteiger partial charge on any atom is -0.499 e.